The predicted octanol–water partition coefficient (Wildman–Crippen LogP) is 4.10. The number of aliphatic hydroxyl groups excluding tert-OH is 1. The van der Waals surface area contributed by atoms with Crippen LogP contribution >= 0.6 is 27.3 Å². The third-order valence-electron chi connectivity index (χ3n) is 2.52. The molecular formula is C13H13BrOS. The quantitative estimate of drug-likeness (QED) is 0.904. The van der Waals surface area contributed by atoms with Crippen LogP contribution in [0.3, 0.4) is 0 Å². The van der Waals surface area contributed by atoms with Crippen LogP contribution in [0, 0.1) is 6.92 Å². The Morgan fingerprint density at radius 3 is 2.88 bits per heavy atom. The van der Waals surface area contributed by atoms with E-state index in [4.69, 9.17) is 0 Å². The standard InChI is InChI=1S/C13H13BrOS/c1-9-2-3-12(14)11(6-9)13(15)7-10-4-5-16-8-10/h2-6,8,13,15H,7H2,1H3. The molecule has 0 aliphatic carbocycles. The fourth-order valence-corrected chi connectivity index (χ4v) is 2.85. The van der Waals surface area contributed by atoms with Crippen LogP contribution in [0.25, 0.3) is 0 Å². The van der Waals surface area contributed by atoms with Crippen molar-refractivity contribution < 1.29 is 5.11 Å². The van der Waals surface area contributed by atoms with E-state index < -0.39 is 6.10 Å². The largest absolute Gasteiger partial charge is 0.388 e. The van der Waals surface area contributed by atoms with Crippen molar-refractivity contribution in [2.75, 3.05) is 0 Å². The minimum atomic E-state index is -0.441. The molecule has 0 radical (unpaired) electrons. The Balaban J connectivity index is 2.20. The summed E-state index contributed by atoms with van der Waals surface area (Å²) in [6, 6.07) is 8.10. The fourth-order valence-electron chi connectivity index (χ4n) is 1.66. The van der Waals surface area contributed by atoms with Gasteiger partial charge in [-0.05, 0) is 40.9 Å². The molecule has 0 spiro atoms. The van der Waals surface area contributed by atoms with Crippen molar-refractivity contribution in [2.45, 2.75) is 19.4 Å². The summed E-state index contributed by atoms with van der Waals surface area (Å²) in [6.07, 6.45) is 0.231. The van der Waals surface area contributed by atoms with Crippen molar-refractivity contribution in [1.82, 2.24) is 0 Å². The van der Waals surface area contributed by atoms with Gasteiger partial charge in [-0.1, -0.05) is 33.6 Å². The molecule has 1 aromatic heterocycles. The van der Waals surface area contributed by atoms with Gasteiger partial charge in [0.2, 0.25) is 0 Å². The van der Waals surface area contributed by atoms with Gasteiger partial charge >= 0.3 is 0 Å². The molecule has 2 aromatic rings. The van der Waals surface area contributed by atoms with E-state index in [1.807, 2.05) is 30.5 Å². The number of aryl methyl sites for hydroxylation is 1. The normalized spacial score (nSPS) is 12.7. The summed E-state index contributed by atoms with van der Waals surface area (Å²) in [4.78, 5) is 0. The molecule has 0 bridgehead atoms. The lowest BCUT2D eigenvalue weighted by atomic mass is 10.0. The molecule has 0 saturated heterocycles. The highest BCUT2D eigenvalue weighted by molar-refractivity contribution is 9.10. The Bertz CT molecular complexity index is 465. The molecule has 1 atom stereocenters. The molecule has 1 aromatic carbocycles. The van der Waals surface area contributed by atoms with Crippen LogP contribution in [0.1, 0.15) is 22.8 Å². The van der Waals surface area contributed by atoms with Crippen LogP contribution < -0.4 is 0 Å². The van der Waals surface area contributed by atoms with E-state index in [1.165, 1.54) is 11.1 Å². The second-order valence-corrected chi connectivity index (χ2v) is 5.51. The summed E-state index contributed by atoms with van der Waals surface area (Å²) in [5.74, 6) is 0. The van der Waals surface area contributed by atoms with Crippen LogP contribution in [0.2, 0.25) is 0 Å². The highest BCUT2D eigenvalue weighted by Gasteiger charge is 2.12. The lowest BCUT2D eigenvalue weighted by Gasteiger charge is -2.12. The maximum Gasteiger partial charge on any atom is 0.0841 e. The van der Waals surface area contributed by atoms with Crippen molar-refractivity contribution >= 4 is 27.3 Å². The second-order valence-electron chi connectivity index (χ2n) is 3.88. The Kier molecular flexibility index (Phi) is 3.79. The molecule has 16 heavy (non-hydrogen) atoms. The molecule has 1 heterocycles. The number of thiophene rings is 1. The minimum Gasteiger partial charge on any atom is -0.388 e. The topological polar surface area (TPSA) is 20.2 Å². The molecule has 3 heteroatoms. The Morgan fingerprint density at radius 2 is 2.19 bits per heavy atom. The van der Waals surface area contributed by atoms with Crippen molar-refractivity contribution in [3.63, 3.8) is 0 Å². The molecule has 1 nitrogen and oxygen atoms in total. The third-order valence-corrected chi connectivity index (χ3v) is 3.97. The van der Waals surface area contributed by atoms with Crippen LogP contribution in [0.15, 0.2) is 39.5 Å². The van der Waals surface area contributed by atoms with Crippen LogP contribution in [-0.4, -0.2) is 5.11 Å². The minimum absolute atomic E-state index is 0.441. The highest BCUT2D eigenvalue weighted by Crippen LogP contribution is 2.27. The molecule has 1 unspecified atom stereocenters. The van der Waals surface area contributed by atoms with Gasteiger partial charge < -0.3 is 5.11 Å². The fraction of sp³-hybridized carbons (Fsp3) is 0.231. The van der Waals surface area contributed by atoms with Gasteiger partial charge in [0, 0.05) is 10.9 Å². The third kappa shape index (κ3) is 2.73. The van der Waals surface area contributed by atoms with E-state index >= 15 is 0 Å². The maximum atomic E-state index is 10.2. The molecule has 0 fully saturated rings. The van der Waals surface area contributed by atoms with E-state index in [0.29, 0.717) is 6.42 Å². The molecule has 1 N–H and O–H groups in total. The van der Waals surface area contributed by atoms with E-state index in [1.54, 1.807) is 11.3 Å². The van der Waals surface area contributed by atoms with Crippen LogP contribution in [-0.2, 0) is 6.42 Å². The van der Waals surface area contributed by atoms with Gasteiger partial charge in [-0.25, -0.2) is 0 Å². The van der Waals surface area contributed by atoms with Gasteiger partial charge in [-0.2, -0.15) is 11.3 Å². The Morgan fingerprint density at radius 1 is 1.38 bits per heavy atom. The Hall–Kier alpha value is -0.640. The summed E-state index contributed by atoms with van der Waals surface area (Å²) in [6.45, 7) is 2.03. The first kappa shape index (κ1) is 11.8. The van der Waals surface area contributed by atoms with E-state index in [9.17, 15) is 5.11 Å². The molecule has 0 saturated carbocycles. The van der Waals surface area contributed by atoms with Gasteiger partial charge in [0.25, 0.3) is 0 Å². The maximum absolute atomic E-state index is 10.2. The summed E-state index contributed by atoms with van der Waals surface area (Å²) in [5.41, 5.74) is 3.32. The summed E-state index contributed by atoms with van der Waals surface area (Å²) in [7, 11) is 0. The van der Waals surface area contributed by atoms with Crippen molar-refractivity contribution in [1.29, 1.82) is 0 Å². The molecule has 0 aliphatic rings. The first-order valence-corrected chi connectivity index (χ1v) is 6.85. The Labute approximate surface area is 108 Å². The van der Waals surface area contributed by atoms with Gasteiger partial charge in [0.1, 0.15) is 0 Å². The van der Waals surface area contributed by atoms with Crippen molar-refractivity contribution in [3.05, 3.63) is 56.2 Å². The predicted molar refractivity (Wildman–Crippen MR) is 71.9 cm³/mol. The SMILES string of the molecule is Cc1ccc(Br)c(C(O)Cc2ccsc2)c1. The smallest absolute Gasteiger partial charge is 0.0841 e. The highest BCUT2D eigenvalue weighted by atomic mass is 79.9. The van der Waals surface area contributed by atoms with Crippen LogP contribution in [0.5, 0.6) is 0 Å². The van der Waals surface area contributed by atoms with E-state index in [2.05, 4.69) is 27.4 Å². The van der Waals surface area contributed by atoms with E-state index in [0.717, 1.165) is 10.0 Å². The zero-order valence-electron chi connectivity index (χ0n) is 8.98. The number of halogens is 1. The number of hydrogen-bond acceptors (Lipinski definition) is 2. The van der Waals surface area contributed by atoms with E-state index in [-0.39, 0.29) is 0 Å². The molecule has 0 aliphatic heterocycles. The van der Waals surface area contributed by atoms with Crippen molar-refractivity contribution in [2.24, 2.45) is 0 Å². The average Bonchev–Trinajstić information content (AvgIpc) is 2.74. The molecular weight excluding hydrogens is 284 g/mol. The first-order chi connectivity index (χ1) is 7.66. The zero-order chi connectivity index (χ0) is 11.5. The molecule has 0 amide bonds. The summed E-state index contributed by atoms with van der Waals surface area (Å²) in [5, 5.41) is 14.3. The number of hydrogen-bond donors (Lipinski definition) is 1. The average molecular weight is 297 g/mol. The molecule has 2 rings (SSSR count). The van der Waals surface area contributed by atoms with Crippen LogP contribution in [0.4, 0.5) is 0 Å². The van der Waals surface area contributed by atoms with Gasteiger partial charge in [0.05, 0.1) is 6.10 Å². The molecule has 84 valence electrons. The first-order valence-electron chi connectivity index (χ1n) is 5.12. The summed E-state index contributed by atoms with van der Waals surface area (Å²) < 4.78 is 0.973. The number of rotatable bonds is 3. The van der Waals surface area contributed by atoms with Gasteiger partial charge in [-0.15, -0.1) is 0 Å². The van der Waals surface area contributed by atoms with Gasteiger partial charge in [0.15, 0.2) is 0 Å². The summed E-state index contributed by atoms with van der Waals surface area (Å²) >= 11 is 5.14. The van der Waals surface area contributed by atoms with Crippen molar-refractivity contribution in [3.8, 4) is 0 Å². The number of benzene rings is 1. The van der Waals surface area contributed by atoms with Gasteiger partial charge in [-0.3, -0.25) is 0 Å². The number of aliphatic hydroxyl groups is 1. The lowest BCUT2D eigenvalue weighted by Crippen LogP contribution is -2.02. The second kappa shape index (κ2) is 5.13. The monoisotopic (exact) mass is 296 g/mol. The zero-order valence-corrected chi connectivity index (χ0v) is 11.4. The lowest BCUT2D eigenvalue weighted by molar-refractivity contribution is 0.178.